The molecular weight excluding hydrogens is 672 g/mol. The third-order valence-electron chi connectivity index (χ3n) is 10.4. The summed E-state index contributed by atoms with van der Waals surface area (Å²) in [4.78, 5) is 53.8. The van der Waals surface area contributed by atoms with Crippen LogP contribution in [0.3, 0.4) is 0 Å². The first-order valence-corrected chi connectivity index (χ1v) is 17.2. The monoisotopic (exact) mass is 708 g/mol. The van der Waals surface area contributed by atoms with Gasteiger partial charge in [-0.15, -0.1) is 0 Å². The molecule has 2 N–H and O–H groups in total. The molecule has 2 aliphatic heterocycles. The van der Waals surface area contributed by atoms with Gasteiger partial charge in [0.2, 0.25) is 11.8 Å². The normalized spacial score (nSPS) is 18.1. The number of anilines is 2. The Morgan fingerprint density at radius 2 is 1.75 bits per heavy atom. The Labute approximate surface area is 298 Å². The summed E-state index contributed by atoms with van der Waals surface area (Å²) in [5.74, 6) is 1.25. The number of likely N-dealkylation sites (tertiary alicyclic amines) is 1. The molecule has 0 saturated carbocycles. The van der Waals surface area contributed by atoms with Gasteiger partial charge < -0.3 is 20.1 Å². The number of hydrogen-bond donors (Lipinski definition) is 2. The third kappa shape index (κ3) is 5.38. The highest BCUT2D eigenvalue weighted by atomic mass is 35.5. The van der Waals surface area contributed by atoms with Crippen LogP contribution >= 0.6 is 11.6 Å². The van der Waals surface area contributed by atoms with E-state index < -0.39 is 11.2 Å². The molecule has 8 rings (SSSR count). The van der Waals surface area contributed by atoms with Crippen molar-refractivity contribution in [1.29, 1.82) is 0 Å². The number of carbonyl (C=O) groups is 1. The lowest BCUT2D eigenvalue weighted by Gasteiger charge is -2.53. The smallest absolute Gasteiger partial charge is 0.332 e. The number of pyridine rings is 1. The second-order valence-electron chi connectivity index (χ2n) is 13.6. The van der Waals surface area contributed by atoms with E-state index >= 15 is 0 Å². The minimum atomic E-state index is -0.481. The van der Waals surface area contributed by atoms with Gasteiger partial charge in [-0.2, -0.15) is 0 Å². The van der Waals surface area contributed by atoms with Crippen LogP contribution in [-0.2, 0) is 30.0 Å². The standard InChI is InChI=1S/C37H37ClN8O5/c1-19-22(8-7-11-25(19)42-32-30-33(41-20(2)40-32)44(3)36(49)45(4)35(30)48)23-9-6-10-24(31(23)38)26-14-21-12-13-27(29(21)34(43-26)50-5)46-17-37(18-46)16-39-28(47)15-51-37/h6-11,14,27H,12-13,15-18H2,1-5H3,(H,39,47)(H,40,41,42). The largest absolute Gasteiger partial charge is 0.481 e. The Hall–Kier alpha value is -5.11. The van der Waals surface area contributed by atoms with Crippen molar-refractivity contribution < 1.29 is 14.3 Å². The number of carbonyl (C=O) groups excluding carboxylic acids is 1. The molecule has 2 aromatic carbocycles. The minimum absolute atomic E-state index is 0.0692. The van der Waals surface area contributed by atoms with Gasteiger partial charge in [0.05, 0.1) is 17.8 Å². The van der Waals surface area contributed by atoms with Crippen molar-refractivity contribution in [3.8, 4) is 28.3 Å². The van der Waals surface area contributed by atoms with E-state index in [9.17, 15) is 14.4 Å². The molecule has 262 valence electrons. The summed E-state index contributed by atoms with van der Waals surface area (Å²) in [7, 11) is 4.67. The second kappa shape index (κ2) is 12.3. The zero-order valence-corrected chi connectivity index (χ0v) is 29.7. The fourth-order valence-corrected chi connectivity index (χ4v) is 8.05. The van der Waals surface area contributed by atoms with Gasteiger partial charge in [-0.05, 0) is 55.5 Å². The van der Waals surface area contributed by atoms with Crippen LogP contribution in [-0.4, -0.2) is 73.8 Å². The van der Waals surface area contributed by atoms with Gasteiger partial charge in [-0.3, -0.25) is 23.6 Å². The summed E-state index contributed by atoms with van der Waals surface area (Å²) < 4.78 is 14.2. The lowest BCUT2D eigenvalue weighted by atomic mass is 9.89. The van der Waals surface area contributed by atoms with Crippen LogP contribution < -0.4 is 26.6 Å². The number of fused-ring (bicyclic) bond motifs is 2. The maximum atomic E-state index is 13.3. The molecule has 0 radical (unpaired) electrons. The van der Waals surface area contributed by atoms with Crippen LogP contribution in [0.25, 0.3) is 33.4 Å². The maximum absolute atomic E-state index is 13.3. The summed E-state index contributed by atoms with van der Waals surface area (Å²) in [6.45, 7) is 5.82. The fraction of sp³-hybridized carbons (Fsp3) is 0.351. The molecule has 5 heterocycles. The number of methoxy groups -OCH3 is 1. The van der Waals surface area contributed by atoms with Crippen molar-refractivity contribution in [2.45, 2.75) is 38.3 Å². The lowest BCUT2D eigenvalue weighted by Crippen LogP contribution is -2.70. The molecule has 1 aliphatic carbocycles. The molecule has 14 heteroatoms. The number of hydrogen-bond acceptors (Lipinski definition) is 10. The zero-order valence-electron chi connectivity index (χ0n) is 29.0. The zero-order chi connectivity index (χ0) is 35.8. The minimum Gasteiger partial charge on any atom is -0.481 e. The number of rotatable bonds is 6. The quantitative estimate of drug-likeness (QED) is 0.266. The Bertz CT molecular complexity index is 2390. The van der Waals surface area contributed by atoms with Gasteiger partial charge in [-0.1, -0.05) is 41.9 Å². The first kappa shape index (κ1) is 33.1. The molecule has 3 aliphatic rings. The highest BCUT2D eigenvalue weighted by molar-refractivity contribution is 6.36. The number of morpholine rings is 1. The van der Waals surface area contributed by atoms with E-state index in [1.807, 2.05) is 43.3 Å². The highest BCUT2D eigenvalue weighted by Gasteiger charge is 2.50. The predicted octanol–water partition coefficient (Wildman–Crippen LogP) is 3.97. The molecule has 1 spiro atoms. The molecule has 5 aromatic rings. The Balaban J connectivity index is 1.12. The predicted molar refractivity (Wildman–Crippen MR) is 194 cm³/mol. The van der Waals surface area contributed by atoms with Gasteiger partial charge in [-0.25, -0.2) is 19.7 Å². The molecule has 1 amide bonds. The number of aromatic nitrogens is 5. The van der Waals surface area contributed by atoms with Crippen LogP contribution in [0.15, 0.2) is 52.1 Å². The molecule has 1 atom stereocenters. The van der Waals surface area contributed by atoms with E-state index in [0.717, 1.165) is 69.7 Å². The van der Waals surface area contributed by atoms with Crippen molar-refractivity contribution >= 4 is 40.0 Å². The van der Waals surface area contributed by atoms with Crippen molar-refractivity contribution in [3.63, 3.8) is 0 Å². The van der Waals surface area contributed by atoms with E-state index in [0.29, 0.717) is 29.1 Å². The Morgan fingerprint density at radius 1 is 1.00 bits per heavy atom. The maximum Gasteiger partial charge on any atom is 0.332 e. The molecule has 13 nitrogen and oxygen atoms in total. The van der Waals surface area contributed by atoms with E-state index in [4.69, 9.17) is 26.1 Å². The number of aryl methyl sites for hydroxylation is 3. The number of amides is 1. The van der Waals surface area contributed by atoms with Crippen molar-refractivity contribution in [2.24, 2.45) is 14.1 Å². The Morgan fingerprint density at radius 3 is 2.49 bits per heavy atom. The molecule has 3 aromatic heterocycles. The van der Waals surface area contributed by atoms with Crippen molar-refractivity contribution in [3.05, 3.63) is 90.8 Å². The average molecular weight is 709 g/mol. The van der Waals surface area contributed by atoms with Crippen LogP contribution in [0.1, 0.15) is 35.0 Å². The highest BCUT2D eigenvalue weighted by Crippen LogP contribution is 2.47. The van der Waals surface area contributed by atoms with Gasteiger partial charge in [0.1, 0.15) is 29.2 Å². The summed E-state index contributed by atoms with van der Waals surface area (Å²) in [5, 5.41) is 7.06. The summed E-state index contributed by atoms with van der Waals surface area (Å²) in [6, 6.07) is 14.0. The van der Waals surface area contributed by atoms with Gasteiger partial charge in [0.15, 0.2) is 5.65 Å². The van der Waals surface area contributed by atoms with E-state index in [-0.39, 0.29) is 35.2 Å². The number of halogens is 1. The van der Waals surface area contributed by atoms with Crippen LogP contribution in [0.5, 0.6) is 5.88 Å². The van der Waals surface area contributed by atoms with Crippen LogP contribution in [0, 0.1) is 13.8 Å². The first-order valence-electron chi connectivity index (χ1n) is 16.8. The summed E-state index contributed by atoms with van der Waals surface area (Å²) in [5.41, 5.74) is 6.11. The van der Waals surface area contributed by atoms with Crippen molar-refractivity contribution in [2.75, 3.05) is 38.7 Å². The number of nitrogens with zero attached hydrogens (tertiary/aromatic N) is 6. The molecule has 51 heavy (non-hydrogen) atoms. The first-order chi connectivity index (χ1) is 24.5. The van der Waals surface area contributed by atoms with E-state index in [1.54, 1.807) is 21.1 Å². The van der Waals surface area contributed by atoms with E-state index in [2.05, 4.69) is 31.6 Å². The Kier molecular flexibility index (Phi) is 7.96. The molecule has 2 saturated heterocycles. The van der Waals surface area contributed by atoms with Crippen molar-refractivity contribution in [1.82, 2.24) is 34.3 Å². The summed E-state index contributed by atoms with van der Waals surface area (Å²) in [6.07, 6.45) is 1.82. The van der Waals surface area contributed by atoms with Gasteiger partial charge in [0, 0.05) is 62.1 Å². The molecule has 0 bridgehead atoms. The fourth-order valence-electron chi connectivity index (χ4n) is 7.72. The molecule has 1 unspecified atom stereocenters. The van der Waals surface area contributed by atoms with Crippen LogP contribution in [0.2, 0.25) is 5.02 Å². The topological polar surface area (TPSA) is 146 Å². The third-order valence-corrected chi connectivity index (χ3v) is 10.8. The number of benzene rings is 2. The lowest BCUT2D eigenvalue weighted by molar-refractivity contribution is -0.179. The SMILES string of the molecule is COc1nc(-c2cccc(-c3cccc(Nc4nc(C)nc5c4c(=O)n(C)c(=O)n5C)c3C)c2Cl)cc2c1C(N1CC3(CNC(=O)CO3)C1)CC2. The van der Waals surface area contributed by atoms with Crippen LogP contribution in [0.4, 0.5) is 11.5 Å². The molecular formula is C37H37ClN8O5. The molecule has 2 fully saturated rings. The van der Waals surface area contributed by atoms with Gasteiger partial charge in [0.25, 0.3) is 5.56 Å². The second-order valence-corrected chi connectivity index (χ2v) is 14.0. The van der Waals surface area contributed by atoms with Gasteiger partial charge >= 0.3 is 5.69 Å². The van der Waals surface area contributed by atoms with E-state index in [1.165, 1.54) is 17.2 Å². The number of nitrogens with one attached hydrogen (secondary N) is 2. The average Bonchev–Trinajstić information content (AvgIpc) is 3.53. The summed E-state index contributed by atoms with van der Waals surface area (Å²) >= 11 is 7.23. The number of ether oxygens (including phenoxy) is 2.